The first-order valence-electron chi connectivity index (χ1n) is 4.76. The smallest absolute Gasteiger partial charge is 0.404 e. The van der Waals surface area contributed by atoms with Crippen LogP contribution in [0.1, 0.15) is 10.4 Å². The fourth-order valence-corrected chi connectivity index (χ4v) is 1.03. The number of nitrogens with two attached hydrogens (primary N) is 2. The minimum absolute atomic E-state index is 0.0247. The molecule has 0 aliphatic carbocycles. The van der Waals surface area contributed by atoms with Crippen molar-refractivity contribution in [1.82, 2.24) is 10.3 Å². The maximum absolute atomic E-state index is 11.5. The third-order valence-corrected chi connectivity index (χ3v) is 1.81. The Morgan fingerprint density at radius 2 is 2.18 bits per heavy atom. The second-order valence-corrected chi connectivity index (χ2v) is 3.00. The van der Waals surface area contributed by atoms with Crippen LogP contribution in [0, 0.1) is 0 Å². The number of carbonyl (C=O) groups is 2. The Morgan fingerprint density at radius 1 is 1.41 bits per heavy atom. The maximum atomic E-state index is 11.5. The van der Waals surface area contributed by atoms with Crippen LogP contribution in [0.3, 0.4) is 0 Å². The quantitative estimate of drug-likeness (QED) is 0.302. The second kappa shape index (κ2) is 6.28. The van der Waals surface area contributed by atoms with Crippen molar-refractivity contribution in [2.24, 2.45) is 11.6 Å². The monoisotopic (exact) mass is 239 g/mol. The predicted molar refractivity (Wildman–Crippen MR) is 59.9 cm³/mol. The number of aromatic nitrogens is 1. The van der Waals surface area contributed by atoms with E-state index in [0.29, 0.717) is 11.4 Å². The summed E-state index contributed by atoms with van der Waals surface area (Å²) < 4.78 is 4.45. The van der Waals surface area contributed by atoms with Crippen LogP contribution in [0.15, 0.2) is 18.3 Å². The number of ether oxygens (including phenoxy) is 1. The molecule has 0 fully saturated rings. The standard InChI is InChI=1S/C9H13N5O3/c10-9(16)17-4-3-12-8(15)6-1-2-7(14-11)13-5-6/h1-2,5H,3-4,11H2,(H2,10,16)(H,12,15)(H,13,14). The molecule has 2 amide bonds. The van der Waals surface area contributed by atoms with Crippen LogP contribution in [0.2, 0.25) is 0 Å². The Balaban J connectivity index is 2.38. The number of nitrogens with zero attached hydrogens (tertiary/aromatic N) is 1. The van der Waals surface area contributed by atoms with E-state index in [0.717, 1.165) is 0 Å². The molecule has 1 rings (SSSR count). The van der Waals surface area contributed by atoms with Gasteiger partial charge in [0.05, 0.1) is 12.1 Å². The fourth-order valence-electron chi connectivity index (χ4n) is 1.03. The summed E-state index contributed by atoms with van der Waals surface area (Å²) in [4.78, 5) is 25.6. The topological polar surface area (TPSA) is 132 Å². The first kappa shape index (κ1) is 12.7. The van der Waals surface area contributed by atoms with E-state index in [1.807, 2.05) is 0 Å². The van der Waals surface area contributed by atoms with E-state index >= 15 is 0 Å². The third-order valence-electron chi connectivity index (χ3n) is 1.81. The van der Waals surface area contributed by atoms with Gasteiger partial charge in [-0.25, -0.2) is 15.6 Å². The number of amides is 2. The van der Waals surface area contributed by atoms with Crippen LogP contribution in [0.25, 0.3) is 0 Å². The van der Waals surface area contributed by atoms with Crippen LogP contribution >= 0.6 is 0 Å². The summed E-state index contributed by atoms with van der Waals surface area (Å²) in [6.45, 7) is 0.204. The van der Waals surface area contributed by atoms with Gasteiger partial charge in [0.1, 0.15) is 12.4 Å². The van der Waals surface area contributed by atoms with Crippen molar-refractivity contribution in [3.05, 3.63) is 23.9 Å². The molecule has 0 radical (unpaired) electrons. The number of hydrogen-bond donors (Lipinski definition) is 4. The van der Waals surface area contributed by atoms with Gasteiger partial charge >= 0.3 is 6.09 Å². The molecule has 0 aliphatic heterocycles. The zero-order chi connectivity index (χ0) is 12.7. The zero-order valence-electron chi connectivity index (χ0n) is 8.97. The average Bonchev–Trinajstić information content (AvgIpc) is 2.34. The van der Waals surface area contributed by atoms with Gasteiger partial charge in [-0.3, -0.25) is 4.79 Å². The van der Waals surface area contributed by atoms with E-state index in [-0.39, 0.29) is 19.1 Å². The number of primary amides is 1. The van der Waals surface area contributed by atoms with Crippen molar-refractivity contribution in [2.75, 3.05) is 18.6 Å². The summed E-state index contributed by atoms with van der Waals surface area (Å²) in [5.74, 6) is 5.26. The van der Waals surface area contributed by atoms with Gasteiger partial charge in [0.25, 0.3) is 5.91 Å². The molecule has 8 heteroatoms. The summed E-state index contributed by atoms with van der Waals surface area (Å²) in [6.07, 6.45) is 0.499. The molecule has 1 aromatic heterocycles. The number of hydrazine groups is 1. The van der Waals surface area contributed by atoms with Crippen molar-refractivity contribution >= 4 is 17.8 Å². The Hall–Kier alpha value is -2.35. The van der Waals surface area contributed by atoms with Gasteiger partial charge in [-0.1, -0.05) is 0 Å². The molecule has 0 bridgehead atoms. The average molecular weight is 239 g/mol. The summed E-state index contributed by atoms with van der Waals surface area (Å²) in [5.41, 5.74) is 7.47. The first-order valence-corrected chi connectivity index (χ1v) is 4.76. The van der Waals surface area contributed by atoms with Gasteiger partial charge in [0, 0.05) is 6.20 Å². The molecule has 92 valence electrons. The molecule has 1 heterocycles. The highest BCUT2D eigenvalue weighted by Gasteiger charge is 2.05. The van der Waals surface area contributed by atoms with E-state index in [1.54, 1.807) is 12.1 Å². The van der Waals surface area contributed by atoms with Crippen molar-refractivity contribution in [3.63, 3.8) is 0 Å². The second-order valence-electron chi connectivity index (χ2n) is 3.00. The molecule has 0 aliphatic rings. The Bertz CT molecular complexity index is 392. The maximum Gasteiger partial charge on any atom is 0.404 e. The van der Waals surface area contributed by atoms with Crippen LogP contribution in [0.4, 0.5) is 10.6 Å². The highest BCUT2D eigenvalue weighted by atomic mass is 16.5. The number of hydrogen-bond acceptors (Lipinski definition) is 6. The van der Waals surface area contributed by atoms with Crippen molar-refractivity contribution in [3.8, 4) is 0 Å². The minimum Gasteiger partial charge on any atom is -0.448 e. The van der Waals surface area contributed by atoms with E-state index in [4.69, 9.17) is 11.6 Å². The SMILES string of the molecule is NNc1ccc(C(=O)NCCOC(N)=O)cn1. The number of pyridine rings is 1. The number of nitrogen functional groups attached to an aromatic ring is 1. The van der Waals surface area contributed by atoms with E-state index in [1.165, 1.54) is 6.20 Å². The molecule has 6 N–H and O–H groups in total. The van der Waals surface area contributed by atoms with Crippen molar-refractivity contribution < 1.29 is 14.3 Å². The summed E-state index contributed by atoms with van der Waals surface area (Å²) >= 11 is 0. The number of anilines is 1. The summed E-state index contributed by atoms with van der Waals surface area (Å²) in [7, 11) is 0. The summed E-state index contributed by atoms with van der Waals surface area (Å²) in [6, 6.07) is 3.13. The van der Waals surface area contributed by atoms with Gasteiger partial charge in [0.2, 0.25) is 0 Å². The lowest BCUT2D eigenvalue weighted by atomic mass is 10.2. The fraction of sp³-hybridized carbons (Fsp3) is 0.222. The summed E-state index contributed by atoms with van der Waals surface area (Å²) in [5, 5.41) is 2.53. The molecule has 1 aromatic rings. The molecular formula is C9H13N5O3. The van der Waals surface area contributed by atoms with Crippen LogP contribution < -0.4 is 22.3 Å². The number of rotatable bonds is 5. The molecule has 0 spiro atoms. The predicted octanol–water partition coefficient (Wildman–Crippen LogP) is -0.808. The molecule has 8 nitrogen and oxygen atoms in total. The number of nitrogens with one attached hydrogen (secondary N) is 2. The van der Waals surface area contributed by atoms with Crippen LogP contribution in [-0.4, -0.2) is 30.1 Å². The largest absolute Gasteiger partial charge is 0.448 e. The van der Waals surface area contributed by atoms with Crippen LogP contribution in [-0.2, 0) is 4.74 Å². The molecule has 17 heavy (non-hydrogen) atoms. The lowest BCUT2D eigenvalue weighted by Gasteiger charge is -2.05. The Kier molecular flexibility index (Phi) is 4.70. The Labute approximate surface area is 97.3 Å². The highest BCUT2D eigenvalue weighted by Crippen LogP contribution is 2.02. The highest BCUT2D eigenvalue weighted by molar-refractivity contribution is 5.94. The van der Waals surface area contributed by atoms with Gasteiger partial charge in [-0.2, -0.15) is 0 Å². The van der Waals surface area contributed by atoms with E-state index < -0.39 is 6.09 Å². The lowest BCUT2D eigenvalue weighted by Crippen LogP contribution is -2.29. The number of carbonyl (C=O) groups excluding carboxylic acids is 2. The molecule has 0 atom stereocenters. The van der Waals surface area contributed by atoms with Gasteiger partial charge in [-0.05, 0) is 12.1 Å². The molecule has 0 saturated carbocycles. The van der Waals surface area contributed by atoms with Crippen molar-refractivity contribution in [1.29, 1.82) is 0 Å². The minimum atomic E-state index is -0.876. The van der Waals surface area contributed by atoms with Crippen molar-refractivity contribution in [2.45, 2.75) is 0 Å². The normalized spacial score (nSPS) is 9.47. The van der Waals surface area contributed by atoms with Crippen LogP contribution in [0.5, 0.6) is 0 Å². The first-order chi connectivity index (χ1) is 8.13. The van der Waals surface area contributed by atoms with E-state index in [2.05, 4.69) is 20.5 Å². The van der Waals surface area contributed by atoms with Gasteiger partial charge in [0.15, 0.2) is 0 Å². The third kappa shape index (κ3) is 4.34. The molecule has 0 aromatic carbocycles. The molecule has 0 saturated heterocycles. The molecule has 0 unspecified atom stereocenters. The van der Waals surface area contributed by atoms with Gasteiger partial charge < -0.3 is 21.2 Å². The van der Waals surface area contributed by atoms with E-state index in [9.17, 15) is 9.59 Å². The van der Waals surface area contributed by atoms with Gasteiger partial charge in [-0.15, -0.1) is 0 Å². The lowest BCUT2D eigenvalue weighted by molar-refractivity contribution is 0.0936. The Morgan fingerprint density at radius 3 is 2.71 bits per heavy atom. The zero-order valence-corrected chi connectivity index (χ0v) is 8.97. The molecular weight excluding hydrogens is 226 g/mol.